The maximum atomic E-state index is 2.49. The predicted octanol–water partition coefficient (Wildman–Crippen LogP) is 4.10. The van der Waals surface area contributed by atoms with Crippen molar-refractivity contribution in [2.45, 2.75) is 52.4 Å². The van der Waals surface area contributed by atoms with Gasteiger partial charge in [-0.1, -0.05) is 20.3 Å². The molecule has 0 aromatic carbocycles. The zero-order chi connectivity index (χ0) is 9.71. The van der Waals surface area contributed by atoms with Gasteiger partial charge in [0.15, 0.2) is 0 Å². The molecule has 0 nitrogen and oxygen atoms in total. The Morgan fingerprint density at radius 1 is 0.643 bits per heavy atom. The highest BCUT2D eigenvalue weighted by Crippen LogP contribution is 2.57. The smallest absolute Gasteiger partial charge is 0.0352 e. The molecule has 3 saturated carbocycles. The highest BCUT2D eigenvalue weighted by Gasteiger charge is 2.48. The summed E-state index contributed by atoms with van der Waals surface area (Å²) in [5.41, 5.74) is 0. The van der Waals surface area contributed by atoms with Crippen molar-refractivity contribution < 1.29 is 0 Å². The first-order chi connectivity index (χ1) is 6.74. The third-order valence-electron chi connectivity index (χ3n) is 5.44. The van der Waals surface area contributed by atoms with E-state index in [4.69, 9.17) is 0 Å². The third-order valence-corrected chi connectivity index (χ3v) is 5.44. The number of rotatable bonds is 0. The molecule has 0 saturated heterocycles. The van der Waals surface area contributed by atoms with E-state index < -0.39 is 0 Å². The van der Waals surface area contributed by atoms with Crippen LogP contribution in [0.2, 0.25) is 0 Å². The molecule has 3 fully saturated rings. The molecule has 3 rings (SSSR count). The lowest BCUT2D eigenvalue weighted by molar-refractivity contribution is 0.170. The molecule has 14 heavy (non-hydrogen) atoms. The number of hydrogen-bond acceptors (Lipinski definition) is 0. The minimum absolute atomic E-state index is 1.03. The normalized spacial score (nSPS) is 57.0. The van der Waals surface area contributed by atoms with Crippen LogP contribution in [0.1, 0.15) is 52.4 Å². The van der Waals surface area contributed by atoms with Gasteiger partial charge in [0.05, 0.1) is 0 Å². The summed E-state index contributed by atoms with van der Waals surface area (Å²) in [5.74, 6) is 6.65. The molecule has 0 radical (unpaired) electrons. The van der Waals surface area contributed by atoms with Crippen LogP contribution in [0.25, 0.3) is 0 Å². The van der Waals surface area contributed by atoms with Gasteiger partial charge in [0.25, 0.3) is 0 Å². The first kappa shape index (κ1) is 9.24. The highest BCUT2D eigenvalue weighted by atomic mass is 14.5. The topological polar surface area (TPSA) is 0 Å². The predicted molar refractivity (Wildman–Crippen MR) is 60.0 cm³/mol. The summed E-state index contributed by atoms with van der Waals surface area (Å²) in [6.07, 6.45) is 9.39. The van der Waals surface area contributed by atoms with E-state index in [-0.39, 0.29) is 0 Å². The van der Waals surface area contributed by atoms with E-state index in [0.29, 0.717) is 0 Å². The minimum Gasteiger partial charge on any atom is -0.0625 e. The highest BCUT2D eigenvalue weighted by molar-refractivity contribution is 4.97. The van der Waals surface area contributed by atoms with Crippen LogP contribution in [0.3, 0.4) is 0 Å². The maximum Gasteiger partial charge on any atom is -0.0352 e. The second kappa shape index (κ2) is 3.25. The van der Waals surface area contributed by atoms with Crippen LogP contribution in [0.5, 0.6) is 0 Å². The Labute approximate surface area is 88.5 Å². The maximum absolute atomic E-state index is 2.49. The van der Waals surface area contributed by atoms with Crippen LogP contribution in [-0.2, 0) is 0 Å². The van der Waals surface area contributed by atoms with Gasteiger partial charge < -0.3 is 0 Å². The SMILES string of the molecule is CC1CC2CC(C1)C1CC(C)CCC21. The fraction of sp³-hybridized carbons (Fsp3) is 1.00. The molecule has 0 aromatic rings. The standard InChI is InChI=1S/C14H24/c1-9-3-4-13-11-5-10(2)6-12(8-11)14(13)7-9/h9-14H,3-8H2,1-2H3. The van der Waals surface area contributed by atoms with Gasteiger partial charge in [-0.15, -0.1) is 0 Å². The van der Waals surface area contributed by atoms with Crippen LogP contribution in [0, 0.1) is 35.5 Å². The van der Waals surface area contributed by atoms with Crippen molar-refractivity contribution in [2.75, 3.05) is 0 Å². The Kier molecular flexibility index (Phi) is 2.15. The zero-order valence-corrected chi connectivity index (χ0v) is 9.71. The van der Waals surface area contributed by atoms with E-state index in [2.05, 4.69) is 13.8 Å². The monoisotopic (exact) mass is 192 g/mol. The lowest BCUT2D eigenvalue weighted by Crippen LogP contribution is -2.24. The van der Waals surface area contributed by atoms with Crippen LogP contribution in [-0.4, -0.2) is 0 Å². The Morgan fingerprint density at radius 3 is 2.14 bits per heavy atom. The van der Waals surface area contributed by atoms with Crippen molar-refractivity contribution in [3.8, 4) is 0 Å². The van der Waals surface area contributed by atoms with Crippen molar-refractivity contribution in [1.29, 1.82) is 0 Å². The van der Waals surface area contributed by atoms with Crippen molar-refractivity contribution in [3.05, 3.63) is 0 Å². The second-order valence-corrected chi connectivity index (χ2v) is 6.58. The molecule has 0 amide bonds. The fourth-order valence-corrected chi connectivity index (χ4v) is 4.99. The first-order valence-corrected chi connectivity index (χ1v) is 6.74. The molecule has 0 heteroatoms. The molecule has 2 bridgehead atoms. The largest absolute Gasteiger partial charge is 0.0625 e. The van der Waals surface area contributed by atoms with Crippen LogP contribution in [0.15, 0.2) is 0 Å². The van der Waals surface area contributed by atoms with Crippen molar-refractivity contribution >= 4 is 0 Å². The molecule has 6 unspecified atom stereocenters. The molecule has 80 valence electrons. The summed E-state index contributed by atoms with van der Waals surface area (Å²) >= 11 is 0. The Bertz CT molecular complexity index is 220. The van der Waals surface area contributed by atoms with Crippen LogP contribution >= 0.6 is 0 Å². The number of hydrogen-bond donors (Lipinski definition) is 0. The van der Waals surface area contributed by atoms with Gasteiger partial charge in [-0.25, -0.2) is 0 Å². The molecule has 0 N–H and O–H groups in total. The van der Waals surface area contributed by atoms with Crippen molar-refractivity contribution in [3.63, 3.8) is 0 Å². The van der Waals surface area contributed by atoms with Crippen molar-refractivity contribution in [2.24, 2.45) is 35.5 Å². The fourth-order valence-electron chi connectivity index (χ4n) is 4.99. The summed E-state index contributed by atoms with van der Waals surface area (Å²) in [6.45, 7) is 4.96. The van der Waals surface area contributed by atoms with Gasteiger partial charge in [0, 0.05) is 0 Å². The molecule has 3 aliphatic rings. The average Bonchev–Trinajstić information content (AvgIpc) is 2.39. The van der Waals surface area contributed by atoms with E-state index in [9.17, 15) is 0 Å². The van der Waals surface area contributed by atoms with Gasteiger partial charge in [0.2, 0.25) is 0 Å². The van der Waals surface area contributed by atoms with Crippen LogP contribution in [0.4, 0.5) is 0 Å². The van der Waals surface area contributed by atoms with E-state index in [0.717, 1.165) is 35.5 Å². The summed E-state index contributed by atoms with van der Waals surface area (Å²) < 4.78 is 0. The van der Waals surface area contributed by atoms with Gasteiger partial charge in [0.1, 0.15) is 0 Å². The Morgan fingerprint density at radius 2 is 1.36 bits per heavy atom. The molecular formula is C14H24. The van der Waals surface area contributed by atoms with E-state index >= 15 is 0 Å². The molecule has 0 aliphatic heterocycles. The molecular weight excluding hydrogens is 168 g/mol. The second-order valence-electron chi connectivity index (χ2n) is 6.58. The zero-order valence-electron chi connectivity index (χ0n) is 9.71. The van der Waals surface area contributed by atoms with E-state index in [1.807, 2.05) is 0 Å². The quantitative estimate of drug-likeness (QED) is 0.542. The molecule has 0 aromatic heterocycles. The lowest BCUT2D eigenvalue weighted by atomic mass is 9.72. The third kappa shape index (κ3) is 1.33. The molecule has 0 heterocycles. The lowest BCUT2D eigenvalue weighted by Gasteiger charge is -2.33. The number of fused-ring (bicyclic) bond motifs is 5. The molecule has 6 atom stereocenters. The average molecular weight is 192 g/mol. The summed E-state index contributed by atoms with van der Waals surface area (Å²) in [5, 5.41) is 0. The summed E-state index contributed by atoms with van der Waals surface area (Å²) in [7, 11) is 0. The molecule has 3 aliphatic carbocycles. The molecule has 0 spiro atoms. The Hall–Kier alpha value is 0. The van der Waals surface area contributed by atoms with Gasteiger partial charge in [-0.3, -0.25) is 0 Å². The van der Waals surface area contributed by atoms with Crippen molar-refractivity contribution in [1.82, 2.24) is 0 Å². The van der Waals surface area contributed by atoms with Gasteiger partial charge >= 0.3 is 0 Å². The first-order valence-electron chi connectivity index (χ1n) is 6.74. The van der Waals surface area contributed by atoms with Gasteiger partial charge in [-0.2, -0.15) is 0 Å². The minimum atomic E-state index is 1.03. The summed E-state index contributed by atoms with van der Waals surface area (Å²) in [6, 6.07) is 0. The Balaban J connectivity index is 1.80. The van der Waals surface area contributed by atoms with E-state index in [1.54, 1.807) is 32.1 Å². The summed E-state index contributed by atoms with van der Waals surface area (Å²) in [4.78, 5) is 0. The van der Waals surface area contributed by atoms with Gasteiger partial charge in [-0.05, 0) is 67.6 Å². The van der Waals surface area contributed by atoms with E-state index in [1.165, 1.54) is 6.42 Å². The van der Waals surface area contributed by atoms with Crippen LogP contribution < -0.4 is 0 Å².